The molecule has 0 radical (unpaired) electrons. The van der Waals surface area contributed by atoms with Gasteiger partial charge in [0.05, 0.1) is 11.4 Å². The molecule has 0 amide bonds. The van der Waals surface area contributed by atoms with Crippen molar-refractivity contribution >= 4 is 40.0 Å². The summed E-state index contributed by atoms with van der Waals surface area (Å²) in [5.74, 6) is 0.424. The monoisotopic (exact) mass is 520 g/mol. The predicted octanol–water partition coefficient (Wildman–Crippen LogP) is 2.95. The molecule has 0 aromatic heterocycles. The van der Waals surface area contributed by atoms with Gasteiger partial charge in [-0.3, -0.25) is 0 Å². The van der Waals surface area contributed by atoms with Crippen molar-refractivity contribution in [1.29, 1.82) is 0 Å². The van der Waals surface area contributed by atoms with E-state index in [1.54, 1.807) is 30.3 Å². The number of aliphatic imine (C=N–C) groups is 1. The van der Waals surface area contributed by atoms with Crippen molar-refractivity contribution in [3.63, 3.8) is 0 Å². The Balaban J connectivity index is 0.00000392. The highest BCUT2D eigenvalue weighted by molar-refractivity contribution is 14.0. The molecule has 0 saturated heterocycles. The molecule has 0 saturated carbocycles. The van der Waals surface area contributed by atoms with Crippen LogP contribution in [-0.2, 0) is 23.1 Å². The summed E-state index contributed by atoms with van der Waals surface area (Å²) >= 11 is 0. The van der Waals surface area contributed by atoms with Crippen molar-refractivity contribution in [2.24, 2.45) is 4.99 Å². The second-order valence-electron chi connectivity index (χ2n) is 6.01. The first kappa shape index (κ1) is 24.3. The van der Waals surface area contributed by atoms with Crippen LogP contribution in [0.2, 0.25) is 0 Å². The van der Waals surface area contributed by atoms with Gasteiger partial charge in [0.25, 0.3) is 0 Å². The van der Waals surface area contributed by atoms with Crippen LogP contribution in [-0.4, -0.2) is 39.9 Å². The van der Waals surface area contributed by atoms with Crippen LogP contribution in [0, 0.1) is 5.82 Å². The largest absolute Gasteiger partial charge is 0.357 e. The van der Waals surface area contributed by atoms with Crippen LogP contribution in [0.15, 0.2) is 58.4 Å². The van der Waals surface area contributed by atoms with Gasteiger partial charge in [0, 0.05) is 20.1 Å². The Morgan fingerprint density at radius 3 is 2.39 bits per heavy atom. The maximum absolute atomic E-state index is 13.4. The van der Waals surface area contributed by atoms with Gasteiger partial charge in [-0.1, -0.05) is 24.3 Å². The zero-order valence-electron chi connectivity index (χ0n) is 16.1. The fourth-order valence-electron chi connectivity index (χ4n) is 2.51. The normalized spacial score (nSPS) is 11.6. The summed E-state index contributed by atoms with van der Waals surface area (Å²) in [6, 6.07) is 13.1. The molecule has 0 unspecified atom stereocenters. The van der Waals surface area contributed by atoms with E-state index in [4.69, 9.17) is 0 Å². The highest BCUT2D eigenvalue weighted by Crippen LogP contribution is 2.11. The van der Waals surface area contributed by atoms with Gasteiger partial charge in [0.15, 0.2) is 5.96 Å². The maximum atomic E-state index is 13.4. The van der Waals surface area contributed by atoms with Crippen molar-refractivity contribution in [2.75, 3.05) is 20.6 Å². The molecule has 9 heteroatoms. The molecule has 0 fully saturated rings. The second kappa shape index (κ2) is 11.3. The fourth-order valence-corrected chi connectivity index (χ4v) is 3.24. The van der Waals surface area contributed by atoms with Crippen molar-refractivity contribution in [2.45, 2.75) is 24.9 Å². The van der Waals surface area contributed by atoms with Crippen molar-refractivity contribution in [3.8, 4) is 0 Å². The standard InChI is InChI=1S/C19H25FN4O2S.HI/c1-4-22-19(24(3)14-16-6-5-7-17(20)12-16)23-13-15-8-10-18(11-9-15)27(25,26)21-2;/h5-12,21H,4,13-14H2,1-3H3,(H,22,23);1H. The van der Waals surface area contributed by atoms with E-state index in [1.165, 1.54) is 19.2 Å². The molecule has 154 valence electrons. The summed E-state index contributed by atoms with van der Waals surface area (Å²) in [6.07, 6.45) is 0. The number of sulfonamides is 1. The minimum atomic E-state index is -3.44. The van der Waals surface area contributed by atoms with Gasteiger partial charge in [-0.05, 0) is 49.4 Å². The quantitative estimate of drug-likeness (QED) is 0.335. The molecule has 2 aromatic carbocycles. The Labute approximate surface area is 183 Å². The van der Waals surface area contributed by atoms with Crippen LogP contribution in [0.1, 0.15) is 18.1 Å². The van der Waals surface area contributed by atoms with Gasteiger partial charge < -0.3 is 10.2 Å². The van der Waals surface area contributed by atoms with Gasteiger partial charge >= 0.3 is 0 Å². The zero-order valence-corrected chi connectivity index (χ0v) is 19.3. The summed E-state index contributed by atoms with van der Waals surface area (Å²) < 4.78 is 39.2. The van der Waals surface area contributed by atoms with E-state index in [9.17, 15) is 12.8 Å². The maximum Gasteiger partial charge on any atom is 0.240 e. The number of nitrogens with one attached hydrogen (secondary N) is 2. The number of halogens is 2. The number of nitrogens with zero attached hydrogens (tertiary/aromatic N) is 2. The summed E-state index contributed by atoms with van der Waals surface area (Å²) in [5.41, 5.74) is 1.74. The fraction of sp³-hybridized carbons (Fsp3) is 0.316. The first-order valence-corrected chi connectivity index (χ1v) is 10.1. The Bertz CT molecular complexity index is 889. The third-order valence-electron chi connectivity index (χ3n) is 3.92. The van der Waals surface area contributed by atoms with Crippen LogP contribution in [0.25, 0.3) is 0 Å². The third-order valence-corrected chi connectivity index (χ3v) is 5.35. The van der Waals surface area contributed by atoms with Crippen LogP contribution >= 0.6 is 24.0 Å². The van der Waals surface area contributed by atoms with Crippen molar-refractivity contribution < 1.29 is 12.8 Å². The number of hydrogen-bond acceptors (Lipinski definition) is 3. The van der Waals surface area contributed by atoms with Crippen LogP contribution in [0.4, 0.5) is 4.39 Å². The lowest BCUT2D eigenvalue weighted by Crippen LogP contribution is -2.38. The Morgan fingerprint density at radius 1 is 1.14 bits per heavy atom. The molecular formula is C19H26FIN4O2S. The highest BCUT2D eigenvalue weighted by Gasteiger charge is 2.11. The average molecular weight is 520 g/mol. The number of guanidine groups is 1. The van der Waals surface area contributed by atoms with E-state index >= 15 is 0 Å². The first-order chi connectivity index (χ1) is 12.9. The SMILES string of the molecule is CCNC(=NCc1ccc(S(=O)(=O)NC)cc1)N(C)Cc1cccc(F)c1.I. The van der Waals surface area contributed by atoms with Crippen LogP contribution in [0.5, 0.6) is 0 Å². The predicted molar refractivity (Wildman–Crippen MR) is 121 cm³/mol. The molecular weight excluding hydrogens is 494 g/mol. The summed E-state index contributed by atoms with van der Waals surface area (Å²) in [4.78, 5) is 6.72. The van der Waals surface area contributed by atoms with Gasteiger partial charge in [0.2, 0.25) is 10.0 Å². The molecule has 0 heterocycles. The number of hydrogen-bond donors (Lipinski definition) is 2. The van der Waals surface area contributed by atoms with Gasteiger partial charge in [0.1, 0.15) is 5.82 Å². The molecule has 2 aromatic rings. The summed E-state index contributed by atoms with van der Waals surface area (Å²) in [7, 11) is -0.180. The topological polar surface area (TPSA) is 73.8 Å². The summed E-state index contributed by atoms with van der Waals surface area (Å²) in [6.45, 7) is 3.59. The average Bonchev–Trinajstić information content (AvgIpc) is 2.65. The molecule has 0 bridgehead atoms. The molecule has 2 N–H and O–H groups in total. The first-order valence-electron chi connectivity index (χ1n) is 8.62. The minimum absolute atomic E-state index is 0. The Morgan fingerprint density at radius 2 is 1.82 bits per heavy atom. The second-order valence-corrected chi connectivity index (χ2v) is 7.89. The van der Waals surface area contributed by atoms with Gasteiger partial charge in [-0.2, -0.15) is 0 Å². The molecule has 0 aliphatic rings. The summed E-state index contributed by atoms with van der Waals surface area (Å²) in [5, 5.41) is 3.21. The lowest BCUT2D eigenvalue weighted by Gasteiger charge is -2.22. The number of benzene rings is 2. The van der Waals surface area contributed by atoms with Crippen LogP contribution in [0.3, 0.4) is 0 Å². The van der Waals surface area contributed by atoms with Crippen molar-refractivity contribution in [1.82, 2.24) is 14.9 Å². The van der Waals surface area contributed by atoms with Gasteiger partial charge in [-0.15, -0.1) is 24.0 Å². The Kier molecular flexibility index (Phi) is 9.83. The molecule has 0 spiro atoms. The van der Waals surface area contributed by atoms with E-state index in [-0.39, 0.29) is 34.7 Å². The Hall–Kier alpha value is -1.72. The lowest BCUT2D eigenvalue weighted by atomic mass is 10.2. The lowest BCUT2D eigenvalue weighted by molar-refractivity contribution is 0.475. The van der Waals surface area contributed by atoms with Crippen LogP contribution < -0.4 is 10.0 Å². The van der Waals surface area contributed by atoms with E-state index in [0.717, 1.165) is 11.1 Å². The number of rotatable bonds is 7. The molecule has 0 aliphatic carbocycles. The molecule has 6 nitrogen and oxygen atoms in total. The molecule has 2 rings (SSSR count). The molecule has 0 aliphatic heterocycles. The molecule has 28 heavy (non-hydrogen) atoms. The van der Waals surface area contributed by atoms with E-state index in [0.29, 0.717) is 25.6 Å². The van der Waals surface area contributed by atoms with E-state index in [1.807, 2.05) is 24.9 Å². The smallest absolute Gasteiger partial charge is 0.240 e. The highest BCUT2D eigenvalue weighted by atomic mass is 127. The minimum Gasteiger partial charge on any atom is -0.357 e. The third kappa shape index (κ3) is 7.02. The molecule has 0 atom stereocenters. The van der Waals surface area contributed by atoms with Gasteiger partial charge in [-0.25, -0.2) is 22.5 Å². The van der Waals surface area contributed by atoms with E-state index in [2.05, 4.69) is 15.0 Å². The van der Waals surface area contributed by atoms with Crippen molar-refractivity contribution in [3.05, 3.63) is 65.5 Å². The van der Waals surface area contributed by atoms with E-state index < -0.39 is 10.0 Å². The zero-order chi connectivity index (χ0) is 19.9.